The molecule has 0 saturated heterocycles. The highest BCUT2D eigenvalue weighted by atomic mass is 16.4. The molecule has 0 aliphatic rings. The van der Waals surface area contributed by atoms with Gasteiger partial charge in [-0.25, -0.2) is 4.98 Å². The number of aromatic nitrogens is 2. The van der Waals surface area contributed by atoms with E-state index in [1.54, 1.807) is 17.4 Å². The summed E-state index contributed by atoms with van der Waals surface area (Å²) >= 11 is 0. The molecule has 0 amide bonds. The lowest BCUT2D eigenvalue weighted by atomic mass is 10.2. The fourth-order valence-corrected chi connectivity index (χ4v) is 1.77. The number of carboxylic acid groups (broad SMARTS) is 1. The van der Waals surface area contributed by atoms with E-state index in [-0.39, 0.29) is 6.54 Å². The number of aryl methyl sites for hydroxylation is 1. The topological polar surface area (TPSA) is 58.4 Å². The molecule has 0 unspecified atom stereocenters. The van der Waals surface area contributed by atoms with Crippen LogP contribution in [0.15, 0.2) is 42.9 Å². The molecule has 0 atom stereocenters. The van der Waals surface area contributed by atoms with Gasteiger partial charge in [0.25, 0.3) is 0 Å². The van der Waals surface area contributed by atoms with E-state index >= 15 is 0 Å². The number of carbonyl (C=O) groups is 1. The van der Waals surface area contributed by atoms with Gasteiger partial charge in [-0.1, -0.05) is 18.2 Å². The second-order valence-electron chi connectivity index (χ2n) is 4.08. The van der Waals surface area contributed by atoms with E-state index in [9.17, 15) is 4.79 Å². The smallest absolute Gasteiger partial charge is 0.323 e. The van der Waals surface area contributed by atoms with Crippen LogP contribution in [0, 0.1) is 0 Å². The number of carboxylic acids is 1. The van der Waals surface area contributed by atoms with E-state index < -0.39 is 5.97 Å². The summed E-state index contributed by atoms with van der Waals surface area (Å²) in [6.45, 7) is 0.488. The highest BCUT2D eigenvalue weighted by Crippen LogP contribution is 2.16. The third kappa shape index (κ3) is 2.88. The largest absolute Gasteiger partial charge is 0.480 e. The molecule has 1 heterocycles. The molecule has 0 spiro atoms. The first-order valence-corrected chi connectivity index (χ1v) is 5.64. The van der Waals surface area contributed by atoms with Gasteiger partial charge >= 0.3 is 5.97 Å². The molecule has 5 heteroatoms. The SMILES string of the molecule is Cn1cncc1CN(CC(=O)O)c1ccccc1. The minimum absolute atomic E-state index is 0.0325. The van der Waals surface area contributed by atoms with Crippen molar-refractivity contribution in [3.05, 3.63) is 48.5 Å². The summed E-state index contributed by atoms with van der Waals surface area (Å²) in [4.78, 5) is 16.8. The second-order valence-corrected chi connectivity index (χ2v) is 4.08. The summed E-state index contributed by atoms with van der Waals surface area (Å²) in [5.41, 5.74) is 1.86. The van der Waals surface area contributed by atoms with Crippen LogP contribution in [-0.2, 0) is 18.4 Å². The zero-order chi connectivity index (χ0) is 13.0. The Hall–Kier alpha value is -2.30. The molecule has 0 saturated carbocycles. The Balaban J connectivity index is 2.21. The third-order valence-corrected chi connectivity index (χ3v) is 2.72. The van der Waals surface area contributed by atoms with Gasteiger partial charge in [-0.3, -0.25) is 4.79 Å². The van der Waals surface area contributed by atoms with Crippen LogP contribution in [0.5, 0.6) is 0 Å². The number of para-hydroxylation sites is 1. The Morgan fingerprint density at radius 1 is 1.39 bits per heavy atom. The summed E-state index contributed by atoms with van der Waals surface area (Å²) in [5.74, 6) is -0.846. The molecule has 0 aliphatic heterocycles. The van der Waals surface area contributed by atoms with Crippen molar-refractivity contribution in [1.82, 2.24) is 9.55 Å². The minimum Gasteiger partial charge on any atom is -0.480 e. The van der Waals surface area contributed by atoms with Crippen molar-refractivity contribution in [2.45, 2.75) is 6.54 Å². The number of aliphatic carboxylic acids is 1. The van der Waals surface area contributed by atoms with Crippen LogP contribution in [0.2, 0.25) is 0 Å². The first-order valence-electron chi connectivity index (χ1n) is 5.64. The first-order chi connectivity index (χ1) is 8.66. The predicted molar refractivity (Wildman–Crippen MR) is 68.3 cm³/mol. The third-order valence-electron chi connectivity index (χ3n) is 2.72. The van der Waals surface area contributed by atoms with Crippen LogP contribution in [0.1, 0.15) is 5.69 Å². The summed E-state index contributed by atoms with van der Waals surface area (Å²) in [6, 6.07) is 9.51. The molecule has 0 bridgehead atoms. The lowest BCUT2D eigenvalue weighted by Gasteiger charge is -2.22. The zero-order valence-corrected chi connectivity index (χ0v) is 10.2. The normalized spacial score (nSPS) is 10.3. The molecule has 0 fully saturated rings. The van der Waals surface area contributed by atoms with E-state index in [4.69, 9.17) is 5.11 Å². The molecular weight excluding hydrogens is 230 g/mol. The van der Waals surface area contributed by atoms with Gasteiger partial charge in [-0.2, -0.15) is 0 Å². The predicted octanol–water partition coefficient (Wildman–Crippen LogP) is 1.51. The number of imidazole rings is 1. The molecule has 1 N–H and O–H groups in total. The monoisotopic (exact) mass is 245 g/mol. The van der Waals surface area contributed by atoms with Crippen molar-refractivity contribution in [3.63, 3.8) is 0 Å². The summed E-state index contributed by atoms with van der Waals surface area (Å²) < 4.78 is 1.89. The van der Waals surface area contributed by atoms with E-state index in [1.165, 1.54) is 0 Å². The number of benzene rings is 1. The Kier molecular flexibility index (Phi) is 3.62. The molecule has 0 radical (unpaired) electrons. The van der Waals surface area contributed by atoms with Crippen molar-refractivity contribution in [2.75, 3.05) is 11.4 Å². The molecule has 94 valence electrons. The maximum absolute atomic E-state index is 10.9. The van der Waals surface area contributed by atoms with Crippen molar-refractivity contribution in [1.29, 1.82) is 0 Å². The highest BCUT2D eigenvalue weighted by Gasteiger charge is 2.12. The Bertz CT molecular complexity index is 522. The van der Waals surface area contributed by atoms with Crippen LogP contribution in [-0.4, -0.2) is 27.2 Å². The number of rotatable bonds is 5. The fourth-order valence-electron chi connectivity index (χ4n) is 1.77. The zero-order valence-electron chi connectivity index (χ0n) is 10.2. The molecule has 0 aliphatic carbocycles. The van der Waals surface area contributed by atoms with Gasteiger partial charge in [0.2, 0.25) is 0 Å². The van der Waals surface area contributed by atoms with Gasteiger partial charge in [0.15, 0.2) is 0 Å². The number of hydrogen-bond acceptors (Lipinski definition) is 3. The maximum atomic E-state index is 10.9. The van der Waals surface area contributed by atoms with Crippen molar-refractivity contribution in [2.24, 2.45) is 7.05 Å². The number of anilines is 1. The Labute approximate surface area is 105 Å². The summed E-state index contributed by atoms with van der Waals surface area (Å²) in [6.07, 6.45) is 3.46. The minimum atomic E-state index is -0.846. The highest BCUT2D eigenvalue weighted by molar-refractivity contribution is 5.73. The lowest BCUT2D eigenvalue weighted by Crippen LogP contribution is -2.29. The van der Waals surface area contributed by atoms with Crippen molar-refractivity contribution in [3.8, 4) is 0 Å². The maximum Gasteiger partial charge on any atom is 0.323 e. The van der Waals surface area contributed by atoms with Crippen LogP contribution >= 0.6 is 0 Å². The van der Waals surface area contributed by atoms with Crippen LogP contribution in [0.4, 0.5) is 5.69 Å². The lowest BCUT2D eigenvalue weighted by molar-refractivity contribution is -0.135. The van der Waals surface area contributed by atoms with E-state index in [0.29, 0.717) is 6.54 Å². The summed E-state index contributed by atoms with van der Waals surface area (Å²) in [5, 5.41) is 8.98. The van der Waals surface area contributed by atoms with Crippen molar-refractivity contribution >= 4 is 11.7 Å². The van der Waals surface area contributed by atoms with Gasteiger partial charge in [0.1, 0.15) is 6.54 Å². The van der Waals surface area contributed by atoms with E-state index in [2.05, 4.69) is 4.98 Å². The Morgan fingerprint density at radius 2 is 2.11 bits per heavy atom. The quantitative estimate of drug-likeness (QED) is 0.867. The molecular formula is C13H15N3O2. The van der Waals surface area contributed by atoms with Gasteiger partial charge in [-0.15, -0.1) is 0 Å². The summed E-state index contributed by atoms with van der Waals surface area (Å²) in [7, 11) is 1.90. The van der Waals surface area contributed by atoms with Gasteiger partial charge < -0.3 is 14.6 Å². The Morgan fingerprint density at radius 3 is 2.67 bits per heavy atom. The average molecular weight is 245 g/mol. The van der Waals surface area contributed by atoms with Gasteiger partial charge in [0, 0.05) is 18.9 Å². The molecule has 1 aromatic carbocycles. The standard InChI is InChI=1S/C13H15N3O2/c1-15-10-14-7-12(15)8-16(9-13(17)18)11-5-3-2-4-6-11/h2-7,10H,8-9H2,1H3,(H,17,18). The molecule has 2 aromatic rings. The molecule has 1 aromatic heterocycles. The van der Waals surface area contributed by atoms with Crippen LogP contribution in [0.25, 0.3) is 0 Å². The first kappa shape index (κ1) is 12.2. The number of nitrogens with zero attached hydrogens (tertiary/aromatic N) is 3. The number of hydrogen-bond donors (Lipinski definition) is 1. The van der Waals surface area contributed by atoms with Gasteiger partial charge in [-0.05, 0) is 12.1 Å². The molecule has 5 nitrogen and oxygen atoms in total. The van der Waals surface area contributed by atoms with E-state index in [1.807, 2.05) is 41.9 Å². The van der Waals surface area contributed by atoms with Crippen LogP contribution < -0.4 is 4.90 Å². The fraction of sp³-hybridized carbons (Fsp3) is 0.231. The average Bonchev–Trinajstić information content (AvgIpc) is 2.75. The van der Waals surface area contributed by atoms with Gasteiger partial charge in [0.05, 0.1) is 18.6 Å². The van der Waals surface area contributed by atoms with E-state index in [0.717, 1.165) is 11.4 Å². The molecule has 2 rings (SSSR count). The van der Waals surface area contributed by atoms with Crippen LogP contribution in [0.3, 0.4) is 0 Å². The molecule has 18 heavy (non-hydrogen) atoms. The second kappa shape index (κ2) is 5.35. The van der Waals surface area contributed by atoms with Crippen molar-refractivity contribution < 1.29 is 9.90 Å².